The average molecular weight is 261 g/mol. The van der Waals surface area contributed by atoms with Crippen LogP contribution in [0.5, 0.6) is 5.75 Å². The molecule has 1 aromatic heterocycles. The minimum absolute atomic E-state index is 0.214. The van der Waals surface area contributed by atoms with Crippen molar-refractivity contribution in [1.82, 2.24) is 4.57 Å². The molecule has 4 heteroatoms. The lowest BCUT2D eigenvalue weighted by Gasteiger charge is -2.01. The van der Waals surface area contributed by atoms with Gasteiger partial charge < -0.3 is 14.4 Å². The second kappa shape index (κ2) is 5.34. The van der Waals surface area contributed by atoms with Gasteiger partial charge >= 0.3 is 5.97 Å². The Bertz CT molecular complexity index is 613. The van der Waals surface area contributed by atoms with E-state index < -0.39 is 5.97 Å². The highest BCUT2D eigenvalue weighted by atomic mass is 16.5. The van der Waals surface area contributed by atoms with E-state index in [0.29, 0.717) is 6.42 Å². The Kier molecular flexibility index (Phi) is 3.79. The van der Waals surface area contributed by atoms with Crippen LogP contribution in [-0.4, -0.2) is 22.8 Å². The predicted molar refractivity (Wildman–Crippen MR) is 74.8 cm³/mol. The van der Waals surface area contributed by atoms with Crippen LogP contribution < -0.4 is 4.74 Å². The number of hydrogen-bond acceptors (Lipinski definition) is 2. The maximum Gasteiger partial charge on any atom is 0.303 e. The van der Waals surface area contributed by atoms with Crippen molar-refractivity contribution in [2.45, 2.75) is 26.2 Å². The zero-order chi connectivity index (χ0) is 14.0. The van der Waals surface area contributed by atoms with E-state index in [0.717, 1.165) is 17.7 Å². The number of rotatable bonds is 5. The molecular formula is C15H19NO3. The fraction of sp³-hybridized carbons (Fsp3) is 0.400. The van der Waals surface area contributed by atoms with Gasteiger partial charge in [-0.25, -0.2) is 0 Å². The van der Waals surface area contributed by atoms with Gasteiger partial charge in [0.2, 0.25) is 0 Å². The highest BCUT2D eigenvalue weighted by Crippen LogP contribution is 2.29. The van der Waals surface area contributed by atoms with E-state index in [2.05, 4.69) is 17.6 Å². The molecule has 0 atom stereocenters. The van der Waals surface area contributed by atoms with E-state index in [4.69, 9.17) is 9.84 Å². The molecule has 0 amide bonds. The highest BCUT2D eigenvalue weighted by molar-refractivity contribution is 5.86. The number of aliphatic carboxylic acids is 1. The third-order valence-corrected chi connectivity index (χ3v) is 3.65. The minimum atomic E-state index is -0.737. The number of benzene rings is 1. The van der Waals surface area contributed by atoms with Crippen molar-refractivity contribution in [3.8, 4) is 5.75 Å². The minimum Gasteiger partial charge on any atom is -0.497 e. The van der Waals surface area contributed by atoms with Gasteiger partial charge in [-0.05, 0) is 37.5 Å². The number of methoxy groups -OCH3 is 1. The van der Waals surface area contributed by atoms with Crippen LogP contribution in [0, 0.1) is 6.92 Å². The molecule has 4 nitrogen and oxygen atoms in total. The van der Waals surface area contributed by atoms with E-state index >= 15 is 0 Å². The van der Waals surface area contributed by atoms with Gasteiger partial charge in [0.25, 0.3) is 0 Å². The standard InChI is InChI=1S/C15H19NO3/c1-10-12(5-4-6-15(17)18)13-8-7-11(19-3)9-14(13)16(10)2/h7-9H,4-6H2,1-3H3,(H,17,18). The van der Waals surface area contributed by atoms with Crippen molar-refractivity contribution in [2.24, 2.45) is 7.05 Å². The van der Waals surface area contributed by atoms with Gasteiger partial charge in [-0.1, -0.05) is 0 Å². The smallest absolute Gasteiger partial charge is 0.303 e. The number of carbonyl (C=O) groups is 1. The first-order valence-corrected chi connectivity index (χ1v) is 6.38. The van der Waals surface area contributed by atoms with Gasteiger partial charge in [0.1, 0.15) is 5.75 Å². The van der Waals surface area contributed by atoms with E-state index in [1.807, 2.05) is 19.2 Å². The molecule has 1 N–H and O–H groups in total. The van der Waals surface area contributed by atoms with E-state index in [1.54, 1.807) is 7.11 Å². The third kappa shape index (κ3) is 2.57. The zero-order valence-corrected chi connectivity index (χ0v) is 11.6. The molecule has 2 rings (SSSR count). The summed E-state index contributed by atoms with van der Waals surface area (Å²) in [5.41, 5.74) is 3.55. The normalized spacial score (nSPS) is 10.9. The number of fused-ring (bicyclic) bond motifs is 1. The van der Waals surface area contributed by atoms with Crippen LogP contribution in [0.25, 0.3) is 10.9 Å². The summed E-state index contributed by atoms with van der Waals surface area (Å²) < 4.78 is 7.38. The molecular weight excluding hydrogens is 242 g/mol. The maximum atomic E-state index is 10.6. The Morgan fingerprint density at radius 3 is 2.79 bits per heavy atom. The molecule has 0 radical (unpaired) electrons. The maximum absolute atomic E-state index is 10.6. The molecule has 0 fully saturated rings. The lowest BCUT2D eigenvalue weighted by atomic mass is 10.0. The number of aromatic nitrogens is 1. The fourth-order valence-corrected chi connectivity index (χ4v) is 2.48. The second-order valence-corrected chi connectivity index (χ2v) is 4.75. The summed E-state index contributed by atoms with van der Waals surface area (Å²) in [7, 11) is 3.68. The average Bonchev–Trinajstić information content (AvgIpc) is 2.63. The van der Waals surface area contributed by atoms with E-state index in [1.165, 1.54) is 16.6 Å². The molecule has 0 saturated heterocycles. The molecule has 19 heavy (non-hydrogen) atoms. The van der Waals surface area contributed by atoms with Crippen molar-refractivity contribution < 1.29 is 14.6 Å². The van der Waals surface area contributed by atoms with Crippen LogP contribution in [0.3, 0.4) is 0 Å². The first-order chi connectivity index (χ1) is 9.04. The summed E-state index contributed by atoms with van der Waals surface area (Å²) >= 11 is 0. The summed E-state index contributed by atoms with van der Waals surface area (Å²) in [6.07, 6.45) is 1.68. The van der Waals surface area contributed by atoms with Gasteiger partial charge in [0, 0.05) is 30.6 Å². The Hall–Kier alpha value is -1.97. The molecule has 0 spiro atoms. The number of ether oxygens (including phenoxy) is 1. The summed E-state index contributed by atoms with van der Waals surface area (Å²) in [5.74, 6) is 0.102. The highest BCUT2D eigenvalue weighted by Gasteiger charge is 2.12. The number of carboxylic acid groups (broad SMARTS) is 1. The number of hydrogen-bond donors (Lipinski definition) is 1. The van der Waals surface area contributed by atoms with E-state index in [-0.39, 0.29) is 6.42 Å². The molecule has 102 valence electrons. The van der Waals surface area contributed by atoms with Gasteiger partial charge in [0.05, 0.1) is 12.6 Å². The molecule has 1 heterocycles. The zero-order valence-electron chi connectivity index (χ0n) is 11.6. The van der Waals surface area contributed by atoms with Gasteiger partial charge in [-0.2, -0.15) is 0 Å². The Balaban J connectivity index is 2.38. The van der Waals surface area contributed by atoms with Crippen LogP contribution in [0.2, 0.25) is 0 Å². The van der Waals surface area contributed by atoms with Crippen molar-refractivity contribution in [3.63, 3.8) is 0 Å². The lowest BCUT2D eigenvalue weighted by Crippen LogP contribution is -1.97. The SMILES string of the molecule is COc1ccc2c(CCCC(=O)O)c(C)n(C)c2c1. The number of nitrogens with zero attached hydrogens (tertiary/aromatic N) is 1. The number of aryl methyl sites for hydroxylation is 2. The Morgan fingerprint density at radius 1 is 1.42 bits per heavy atom. The van der Waals surface area contributed by atoms with Crippen LogP contribution >= 0.6 is 0 Å². The quantitative estimate of drug-likeness (QED) is 0.900. The molecule has 0 saturated carbocycles. The van der Waals surface area contributed by atoms with Gasteiger partial charge in [-0.15, -0.1) is 0 Å². The summed E-state index contributed by atoms with van der Waals surface area (Å²) in [4.78, 5) is 10.6. The third-order valence-electron chi connectivity index (χ3n) is 3.65. The van der Waals surface area contributed by atoms with Crippen LogP contribution in [0.1, 0.15) is 24.1 Å². The molecule has 0 aliphatic heterocycles. The van der Waals surface area contributed by atoms with Crippen molar-refractivity contribution in [2.75, 3.05) is 7.11 Å². The van der Waals surface area contributed by atoms with Crippen LogP contribution in [0.4, 0.5) is 0 Å². The molecule has 0 unspecified atom stereocenters. The van der Waals surface area contributed by atoms with Crippen molar-refractivity contribution >= 4 is 16.9 Å². The molecule has 0 aliphatic rings. The first-order valence-electron chi connectivity index (χ1n) is 6.38. The summed E-state index contributed by atoms with van der Waals surface area (Å²) in [6.45, 7) is 2.07. The van der Waals surface area contributed by atoms with Crippen molar-refractivity contribution in [3.05, 3.63) is 29.5 Å². The number of carboxylic acids is 1. The molecule has 0 aliphatic carbocycles. The molecule has 0 bridgehead atoms. The summed E-state index contributed by atoms with van der Waals surface area (Å²) in [5, 5.41) is 9.91. The molecule has 1 aromatic carbocycles. The Morgan fingerprint density at radius 2 is 2.16 bits per heavy atom. The van der Waals surface area contributed by atoms with Crippen molar-refractivity contribution in [1.29, 1.82) is 0 Å². The molecule has 2 aromatic rings. The van der Waals surface area contributed by atoms with Gasteiger partial charge in [0.15, 0.2) is 0 Å². The Labute approximate surface area is 112 Å². The van der Waals surface area contributed by atoms with Crippen LogP contribution in [-0.2, 0) is 18.3 Å². The topological polar surface area (TPSA) is 51.5 Å². The predicted octanol–water partition coefficient (Wildman–Crippen LogP) is 2.90. The largest absolute Gasteiger partial charge is 0.497 e. The van der Waals surface area contributed by atoms with Gasteiger partial charge in [-0.3, -0.25) is 4.79 Å². The first kappa shape index (κ1) is 13.5. The van der Waals surface area contributed by atoms with Crippen LogP contribution in [0.15, 0.2) is 18.2 Å². The monoisotopic (exact) mass is 261 g/mol. The summed E-state index contributed by atoms with van der Waals surface area (Å²) in [6, 6.07) is 6.02. The second-order valence-electron chi connectivity index (χ2n) is 4.75. The van der Waals surface area contributed by atoms with E-state index in [9.17, 15) is 4.79 Å². The lowest BCUT2D eigenvalue weighted by molar-refractivity contribution is -0.137. The fourth-order valence-electron chi connectivity index (χ4n) is 2.48.